The molecule has 0 aliphatic rings. The Balaban J connectivity index is 2.50. The second-order valence-electron chi connectivity index (χ2n) is 4.34. The van der Waals surface area contributed by atoms with Gasteiger partial charge >= 0.3 is 0 Å². The van der Waals surface area contributed by atoms with E-state index in [2.05, 4.69) is 41.2 Å². The Kier molecular flexibility index (Phi) is 6.82. The van der Waals surface area contributed by atoms with Crippen LogP contribution in [-0.2, 0) is 11.3 Å². The SMILES string of the molecule is CC(C)N(Cc1cccs1)C(=O)CCCCBr. The van der Waals surface area contributed by atoms with Gasteiger partial charge in [-0.1, -0.05) is 22.0 Å². The largest absolute Gasteiger partial charge is 0.335 e. The zero-order valence-corrected chi connectivity index (χ0v) is 12.9. The average molecular weight is 318 g/mol. The molecule has 0 bridgehead atoms. The van der Waals surface area contributed by atoms with Crippen LogP contribution in [0, 0.1) is 0 Å². The van der Waals surface area contributed by atoms with Crippen LogP contribution in [0.3, 0.4) is 0 Å². The number of halogens is 1. The highest BCUT2D eigenvalue weighted by Gasteiger charge is 2.16. The van der Waals surface area contributed by atoms with Crippen molar-refractivity contribution in [2.45, 2.75) is 45.7 Å². The predicted molar refractivity (Wildman–Crippen MR) is 77.7 cm³/mol. The summed E-state index contributed by atoms with van der Waals surface area (Å²) < 4.78 is 0. The van der Waals surface area contributed by atoms with E-state index in [0.717, 1.165) is 24.7 Å². The van der Waals surface area contributed by atoms with Gasteiger partial charge in [0.05, 0.1) is 6.54 Å². The van der Waals surface area contributed by atoms with Crippen LogP contribution in [-0.4, -0.2) is 22.2 Å². The Bertz CT molecular complexity index is 324. The van der Waals surface area contributed by atoms with Crippen LogP contribution in [0.15, 0.2) is 17.5 Å². The van der Waals surface area contributed by atoms with E-state index < -0.39 is 0 Å². The molecule has 0 aliphatic heterocycles. The second-order valence-corrected chi connectivity index (χ2v) is 6.17. The van der Waals surface area contributed by atoms with Crippen LogP contribution >= 0.6 is 27.3 Å². The van der Waals surface area contributed by atoms with Crippen molar-refractivity contribution in [3.8, 4) is 0 Å². The Morgan fingerprint density at radius 2 is 2.24 bits per heavy atom. The van der Waals surface area contributed by atoms with Crippen molar-refractivity contribution in [2.24, 2.45) is 0 Å². The quantitative estimate of drug-likeness (QED) is 0.548. The number of carbonyl (C=O) groups excluding carboxylic acids is 1. The maximum Gasteiger partial charge on any atom is 0.223 e. The van der Waals surface area contributed by atoms with Gasteiger partial charge < -0.3 is 4.90 Å². The topological polar surface area (TPSA) is 20.3 Å². The van der Waals surface area contributed by atoms with E-state index in [-0.39, 0.29) is 11.9 Å². The number of alkyl halides is 1. The molecule has 0 aromatic carbocycles. The van der Waals surface area contributed by atoms with Gasteiger partial charge in [-0.15, -0.1) is 11.3 Å². The highest BCUT2D eigenvalue weighted by atomic mass is 79.9. The summed E-state index contributed by atoms with van der Waals surface area (Å²) in [7, 11) is 0. The molecule has 0 saturated heterocycles. The molecule has 0 atom stereocenters. The maximum atomic E-state index is 12.1. The number of amides is 1. The first-order chi connectivity index (χ1) is 8.15. The number of unbranched alkanes of at least 4 members (excludes halogenated alkanes) is 1. The van der Waals surface area contributed by atoms with E-state index in [1.807, 2.05) is 11.0 Å². The molecule has 1 aromatic rings. The third-order valence-electron chi connectivity index (χ3n) is 2.62. The number of hydrogen-bond acceptors (Lipinski definition) is 2. The molecule has 0 N–H and O–H groups in total. The van der Waals surface area contributed by atoms with Crippen LogP contribution in [0.1, 0.15) is 38.0 Å². The molecule has 0 aliphatic carbocycles. The molecular weight excluding hydrogens is 298 g/mol. The van der Waals surface area contributed by atoms with Crippen LogP contribution < -0.4 is 0 Å². The first-order valence-corrected chi connectivity index (χ1v) is 8.03. The van der Waals surface area contributed by atoms with Crippen molar-refractivity contribution in [2.75, 3.05) is 5.33 Å². The normalized spacial score (nSPS) is 10.8. The van der Waals surface area contributed by atoms with Crippen LogP contribution in [0.4, 0.5) is 0 Å². The van der Waals surface area contributed by atoms with E-state index in [4.69, 9.17) is 0 Å². The number of rotatable bonds is 7. The summed E-state index contributed by atoms with van der Waals surface area (Å²) in [4.78, 5) is 15.3. The van der Waals surface area contributed by atoms with Crippen LogP contribution in [0.25, 0.3) is 0 Å². The summed E-state index contributed by atoms with van der Waals surface area (Å²) in [6.07, 6.45) is 2.70. The van der Waals surface area contributed by atoms with Crippen LogP contribution in [0.5, 0.6) is 0 Å². The third-order valence-corrected chi connectivity index (χ3v) is 4.05. The summed E-state index contributed by atoms with van der Waals surface area (Å²) in [6.45, 7) is 4.91. The first-order valence-electron chi connectivity index (χ1n) is 6.03. The van der Waals surface area contributed by atoms with Gasteiger partial charge in [0.1, 0.15) is 0 Å². The summed E-state index contributed by atoms with van der Waals surface area (Å²) in [6, 6.07) is 4.40. The van der Waals surface area contributed by atoms with Crippen LogP contribution in [0.2, 0.25) is 0 Å². The zero-order valence-electron chi connectivity index (χ0n) is 10.5. The zero-order chi connectivity index (χ0) is 12.7. The third kappa shape index (κ3) is 5.21. The van der Waals surface area contributed by atoms with E-state index in [9.17, 15) is 4.79 Å². The Morgan fingerprint density at radius 1 is 1.47 bits per heavy atom. The Morgan fingerprint density at radius 3 is 2.76 bits per heavy atom. The number of hydrogen-bond donors (Lipinski definition) is 0. The van der Waals surface area contributed by atoms with Gasteiger partial charge in [0.25, 0.3) is 0 Å². The lowest BCUT2D eigenvalue weighted by atomic mass is 10.2. The van der Waals surface area contributed by atoms with E-state index >= 15 is 0 Å². The first kappa shape index (κ1) is 14.7. The fourth-order valence-electron chi connectivity index (χ4n) is 1.64. The lowest BCUT2D eigenvalue weighted by molar-refractivity contribution is -0.133. The Labute approximate surface area is 116 Å². The van der Waals surface area contributed by atoms with Gasteiger partial charge in [-0.3, -0.25) is 4.79 Å². The van der Waals surface area contributed by atoms with Crippen molar-refractivity contribution in [3.05, 3.63) is 22.4 Å². The average Bonchev–Trinajstić information content (AvgIpc) is 2.78. The summed E-state index contributed by atoms with van der Waals surface area (Å²) in [5.74, 6) is 0.273. The van der Waals surface area contributed by atoms with Crippen molar-refractivity contribution in [1.29, 1.82) is 0 Å². The highest BCUT2D eigenvalue weighted by molar-refractivity contribution is 9.09. The van der Waals surface area contributed by atoms with Gasteiger partial charge in [0, 0.05) is 22.7 Å². The second kappa shape index (κ2) is 7.88. The fourth-order valence-corrected chi connectivity index (χ4v) is 2.74. The van der Waals surface area contributed by atoms with Gasteiger partial charge in [0.15, 0.2) is 0 Å². The van der Waals surface area contributed by atoms with Crippen molar-refractivity contribution >= 4 is 33.2 Å². The monoisotopic (exact) mass is 317 g/mol. The lowest BCUT2D eigenvalue weighted by Crippen LogP contribution is -2.36. The van der Waals surface area contributed by atoms with Crippen molar-refractivity contribution in [3.63, 3.8) is 0 Å². The molecule has 4 heteroatoms. The minimum absolute atomic E-state index is 0.272. The number of carbonyl (C=O) groups is 1. The van der Waals surface area contributed by atoms with Gasteiger partial charge in [-0.2, -0.15) is 0 Å². The number of nitrogens with zero attached hydrogens (tertiary/aromatic N) is 1. The molecule has 2 nitrogen and oxygen atoms in total. The molecule has 0 radical (unpaired) electrons. The highest BCUT2D eigenvalue weighted by Crippen LogP contribution is 2.15. The molecule has 1 amide bonds. The molecule has 1 heterocycles. The minimum Gasteiger partial charge on any atom is -0.335 e. The molecule has 0 spiro atoms. The van der Waals surface area contributed by atoms with Gasteiger partial charge in [-0.05, 0) is 38.1 Å². The molecule has 1 aromatic heterocycles. The molecule has 96 valence electrons. The van der Waals surface area contributed by atoms with Crippen molar-refractivity contribution in [1.82, 2.24) is 4.90 Å². The summed E-state index contributed by atoms with van der Waals surface area (Å²) in [5, 5.41) is 3.04. The molecule has 0 saturated carbocycles. The van der Waals surface area contributed by atoms with Crippen molar-refractivity contribution < 1.29 is 4.79 Å². The standard InChI is InChI=1S/C13H20BrNOS/c1-11(2)15(10-12-6-5-9-17-12)13(16)7-3-4-8-14/h5-6,9,11H,3-4,7-8,10H2,1-2H3. The Hall–Kier alpha value is -0.350. The van der Waals surface area contributed by atoms with E-state index in [1.165, 1.54) is 4.88 Å². The molecule has 1 rings (SSSR count). The molecule has 0 unspecified atom stereocenters. The minimum atomic E-state index is 0.272. The maximum absolute atomic E-state index is 12.1. The summed E-state index contributed by atoms with van der Waals surface area (Å²) >= 11 is 5.10. The predicted octanol–water partition coefficient (Wildman–Crippen LogP) is 4.05. The fraction of sp³-hybridized carbons (Fsp3) is 0.615. The van der Waals surface area contributed by atoms with E-state index in [1.54, 1.807) is 11.3 Å². The smallest absolute Gasteiger partial charge is 0.223 e. The van der Waals surface area contributed by atoms with Gasteiger partial charge in [-0.25, -0.2) is 0 Å². The molecule has 0 fully saturated rings. The molecular formula is C13H20BrNOS. The molecule has 17 heavy (non-hydrogen) atoms. The summed E-state index contributed by atoms with van der Waals surface area (Å²) in [5.41, 5.74) is 0. The number of thiophene rings is 1. The van der Waals surface area contributed by atoms with Gasteiger partial charge in [0.2, 0.25) is 5.91 Å². The van der Waals surface area contributed by atoms with E-state index in [0.29, 0.717) is 6.42 Å². The lowest BCUT2D eigenvalue weighted by Gasteiger charge is -2.26.